The van der Waals surface area contributed by atoms with Crippen LogP contribution in [0.15, 0.2) is 48.3 Å². The normalized spacial score (nSPS) is 18.6. The zero-order valence-corrected chi connectivity index (χ0v) is 16.9. The van der Waals surface area contributed by atoms with E-state index in [4.69, 9.17) is 4.74 Å². The topological polar surface area (TPSA) is 101 Å². The Morgan fingerprint density at radius 3 is 2.87 bits per heavy atom. The van der Waals surface area contributed by atoms with Gasteiger partial charge < -0.3 is 10.1 Å². The van der Waals surface area contributed by atoms with Crippen LogP contribution in [0, 0.1) is 0 Å². The number of imide groups is 1. The first-order valence-electron chi connectivity index (χ1n) is 10.2. The number of carbonyl (C=O) groups excluding carboxylic acids is 2. The van der Waals surface area contributed by atoms with E-state index in [0.29, 0.717) is 22.6 Å². The first-order valence-corrected chi connectivity index (χ1v) is 10.2. The fourth-order valence-electron chi connectivity index (χ4n) is 3.78. The van der Waals surface area contributed by atoms with Gasteiger partial charge in [-0.05, 0) is 29.8 Å². The Hall–Kier alpha value is -3.56. The van der Waals surface area contributed by atoms with Gasteiger partial charge in [0.25, 0.3) is 5.91 Å². The molecule has 1 aromatic carbocycles. The summed E-state index contributed by atoms with van der Waals surface area (Å²) in [5.74, 6) is 0.0128. The molecule has 0 bridgehead atoms. The summed E-state index contributed by atoms with van der Waals surface area (Å²) < 4.78 is 7.06. The van der Waals surface area contributed by atoms with Gasteiger partial charge in [-0.15, -0.1) is 0 Å². The molecule has 2 N–H and O–H groups in total. The molecule has 2 aromatic heterocycles. The fraction of sp³-hybridized carbons (Fsp3) is 0.273. The second kappa shape index (κ2) is 8.29. The van der Waals surface area contributed by atoms with Crippen molar-refractivity contribution >= 4 is 35.0 Å². The number of aromatic nitrogens is 3. The van der Waals surface area contributed by atoms with Gasteiger partial charge in [-0.25, -0.2) is 9.50 Å². The van der Waals surface area contributed by atoms with Gasteiger partial charge in [-0.3, -0.25) is 19.8 Å². The van der Waals surface area contributed by atoms with E-state index >= 15 is 0 Å². The number of nitrogens with one attached hydrogen (secondary N) is 2. The predicted molar refractivity (Wildman–Crippen MR) is 115 cm³/mol. The lowest BCUT2D eigenvalue weighted by atomic mass is 10.1. The van der Waals surface area contributed by atoms with Gasteiger partial charge >= 0.3 is 0 Å². The minimum Gasteiger partial charge on any atom is -0.379 e. The Labute approximate surface area is 178 Å². The van der Waals surface area contributed by atoms with Crippen molar-refractivity contribution in [3.05, 3.63) is 59.4 Å². The highest BCUT2D eigenvalue weighted by atomic mass is 16.5. The largest absolute Gasteiger partial charge is 0.379 e. The van der Waals surface area contributed by atoms with Gasteiger partial charge in [0.15, 0.2) is 5.65 Å². The van der Waals surface area contributed by atoms with E-state index in [9.17, 15) is 9.59 Å². The molecule has 31 heavy (non-hydrogen) atoms. The third kappa shape index (κ3) is 4.32. The summed E-state index contributed by atoms with van der Waals surface area (Å²) >= 11 is 0. The predicted octanol–water partition coefficient (Wildman–Crippen LogP) is 1.73. The third-order valence-electron chi connectivity index (χ3n) is 5.33. The number of anilines is 2. The molecule has 0 saturated carbocycles. The van der Waals surface area contributed by atoms with Crippen LogP contribution in [-0.4, -0.2) is 57.6 Å². The SMILES string of the molecule is O=C1C/C(=C\c2cnn3ccc(Nc4cccc(CN5CCOCC5)c4)nc23)C(=O)N1. The van der Waals surface area contributed by atoms with Crippen molar-refractivity contribution in [3.8, 4) is 0 Å². The lowest BCUT2D eigenvalue weighted by molar-refractivity contribution is -0.124. The molecule has 9 heteroatoms. The lowest BCUT2D eigenvalue weighted by Gasteiger charge is -2.26. The second-order valence-corrected chi connectivity index (χ2v) is 7.62. The number of nitrogens with zero attached hydrogens (tertiary/aromatic N) is 4. The molecule has 9 nitrogen and oxygen atoms in total. The van der Waals surface area contributed by atoms with Crippen LogP contribution in [0.4, 0.5) is 11.5 Å². The summed E-state index contributed by atoms with van der Waals surface area (Å²) in [5.41, 5.74) is 3.87. The molecule has 2 saturated heterocycles. The van der Waals surface area contributed by atoms with Crippen molar-refractivity contribution in [1.29, 1.82) is 0 Å². The third-order valence-corrected chi connectivity index (χ3v) is 5.33. The molecule has 158 valence electrons. The molecule has 0 aliphatic carbocycles. The fourth-order valence-corrected chi connectivity index (χ4v) is 3.78. The van der Waals surface area contributed by atoms with Crippen LogP contribution in [0.2, 0.25) is 0 Å². The maximum atomic E-state index is 11.9. The van der Waals surface area contributed by atoms with Gasteiger partial charge in [0, 0.05) is 42.7 Å². The molecule has 5 rings (SSSR count). The first kappa shape index (κ1) is 19.4. The summed E-state index contributed by atoms with van der Waals surface area (Å²) in [4.78, 5) is 30.3. The molecule has 2 amide bonds. The standard InChI is InChI=1S/C22H22N6O3/c29-20-12-16(22(30)26-20)11-17-13-23-28-5-4-19(25-21(17)28)24-18-3-1-2-15(10-18)14-27-6-8-31-9-7-27/h1-5,10-11,13H,6-9,12,14H2,(H,24,25)(H,26,29,30)/b16-11+. The number of ether oxygens (including phenoxy) is 1. The number of carbonyl (C=O) groups is 2. The Bertz CT molecular complexity index is 1180. The monoisotopic (exact) mass is 418 g/mol. The Morgan fingerprint density at radius 2 is 2.06 bits per heavy atom. The van der Waals surface area contributed by atoms with Crippen molar-refractivity contribution < 1.29 is 14.3 Å². The number of hydrogen-bond acceptors (Lipinski definition) is 7. The second-order valence-electron chi connectivity index (χ2n) is 7.62. The van der Waals surface area contributed by atoms with Crippen molar-refractivity contribution in [2.75, 3.05) is 31.6 Å². The summed E-state index contributed by atoms with van der Waals surface area (Å²) in [7, 11) is 0. The molecule has 0 atom stereocenters. The number of fused-ring (bicyclic) bond motifs is 1. The maximum Gasteiger partial charge on any atom is 0.254 e. The van der Waals surface area contributed by atoms with Crippen molar-refractivity contribution in [2.24, 2.45) is 0 Å². The number of morpholine rings is 1. The molecule has 2 aliphatic rings. The van der Waals surface area contributed by atoms with Crippen LogP contribution in [0.3, 0.4) is 0 Å². The maximum absolute atomic E-state index is 11.9. The minimum absolute atomic E-state index is 0.0735. The van der Waals surface area contributed by atoms with E-state index in [1.807, 2.05) is 24.4 Å². The van der Waals surface area contributed by atoms with Gasteiger partial charge in [-0.1, -0.05) is 12.1 Å². The van der Waals surface area contributed by atoms with Crippen LogP contribution in [0.5, 0.6) is 0 Å². The first-order chi connectivity index (χ1) is 15.1. The van der Waals surface area contributed by atoms with Crippen LogP contribution in [-0.2, 0) is 20.9 Å². The van der Waals surface area contributed by atoms with Gasteiger partial charge in [0.1, 0.15) is 5.82 Å². The average Bonchev–Trinajstić information content (AvgIpc) is 3.31. The summed E-state index contributed by atoms with van der Waals surface area (Å²) in [6, 6.07) is 10.1. The molecule has 0 spiro atoms. The lowest BCUT2D eigenvalue weighted by Crippen LogP contribution is -2.35. The molecule has 0 radical (unpaired) electrons. The molecule has 4 heterocycles. The van der Waals surface area contributed by atoms with Crippen LogP contribution in [0.25, 0.3) is 11.7 Å². The zero-order valence-electron chi connectivity index (χ0n) is 16.9. The number of hydrogen-bond donors (Lipinski definition) is 2. The van der Waals surface area contributed by atoms with Crippen LogP contribution < -0.4 is 10.6 Å². The highest BCUT2D eigenvalue weighted by Gasteiger charge is 2.24. The van der Waals surface area contributed by atoms with E-state index in [1.165, 1.54) is 5.56 Å². The zero-order chi connectivity index (χ0) is 21.2. The number of benzene rings is 1. The Morgan fingerprint density at radius 1 is 1.19 bits per heavy atom. The number of amides is 2. The van der Waals surface area contributed by atoms with Crippen LogP contribution >= 0.6 is 0 Å². The smallest absolute Gasteiger partial charge is 0.254 e. The van der Waals surface area contributed by atoms with E-state index in [0.717, 1.165) is 38.5 Å². The van der Waals surface area contributed by atoms with Crippen molar-refractivity contribution in [3.63, 3.8) is 0 Å². The molecule has 3 aromatic rings. The molecular weight excluding hydrogens is 396 g/mol. The number of rotatable bonds is 5. The Balaban J connectivity index is 1.36. The van der Waals surface area contributed by atoms with Gasteiger partial charge in [-0.2, -0.15) is 5.10 Å². The molecular formula is C22H22N6O3. The van der Waals surface area contributed by atoms with Gasteiger partial charge in [0.05, 0.1) is 25.8 Å². The van der Waals surface area contributed by atoms with Gasteiger partial charge in [0.2, 0.25) is 5.91 Å². The summed E-state index contributed by atoms with van der Waals surface area (Å²) in [6.45, 7) is 4.33. The quantitative estimate of drug-likeness (QED) is 0.481. The average molecular weight is 418 g/mol. The summed E-state index contributed by atoms with van der Waals surface area (Å²) in [6.07, 6.45) is 5.19. The highest BCUT2D eigenvalue weighted by molar-refractivity contribution is 6.15. The van der Waals surface area contributed by atoms with E-state index in [-0.39, 0.29) is 18.2 Å². The molecule has 2 fully saturated rings. The van der Waals surface area contributed by atoms with Crippen LogP contribution in [0.1, 0.15) is 17.5 Å². The highest BCUT2D eigenvalue weighted by Crippen LogP contribution is 2.21. The van der Waals surface area contributed by atoms with E-state index in [2.05, 4.69) is 37.7 Å². The molecule has 2 aliphatic heterocycles. The summed E-state index contributed by atoms with van der Waals surface area (Å²) in [5, 5.41) is 9.92. The Kier molecular flexibility index (Phi) is 5.19. The van der Waals surface area contributed by atoms with Crippen molar-refractivity contribution in [1.82, 2.24) is 24.8 Å². The molecule has 0 unspecified atom stereocenters. The van der Waals surface area contributed by atoms with E-state index < -0.39 is 0 Å². The van der Waals surface area contributed by atoms with E-state index in [1.54, 1.807) is 16.8 Å². The van der Waals surface area contributed by atoms with Crippen molar-refractivity contribution in [2.45, 2.75) is 13.0 Å². The minimum atomic E-state index is -0.365.